The molecule has 0 radical (unpaired) electrons. The number of nitrogens with one attached hydrogen (secondary N) is 1. The molecule has 2 heterocycles. The fraction of sp³-hybridized carbons (Fsp3) is 0.500. The highest BCUT2D eigenvalue weighted by Crippen LogP contribution is 2.17. The maximum absolute atomic E-state index is 10.9. The van der Waals surface area contributed by atoms with Gasteiger partial charge in [-0.05, 0) is 18.6 Å². The van der Waals surface area contributed by atoms with Gasteiger partial charge in [-0.25, -0.2) is 0 Å². The van der Waals surface area contributed by atoms with Crippen LogP contribution in [0.15, 0.2) is 17.1 Å². The van der Waals surface area contributed by atoms with Gasteiger partial charge in [-0.2, -0.15) is 0 Å². The quantitative estimate of drug-likeness (QED) is 0.681. The highest BCUT2D eigenvalue weighted by atomic mass is 32.1. The third kappa shape index (κ3) is 1.71. The van der Waals surface area contributed by atoms with Crippen LogP contribution in [-0.2, 0) is 4.74 Å². The number of aromatic amines is 1. The Kier molecular flexibility index (Phi) is 2.28. The maximum atomic E-state index is 10.9. The van der Waals surface area contributed by atoms with Crippen LogP contribution in [0.1, 0.15) is 12.5 Å². The molecule has 1 N–H and O–H groups in total. The number of hydrogen-bond acceptors (Lipinski definition) is 3. The molecule has 1 atom stereocenters. The monoisotopic (exact) mass is 198 g/mol. The minimum absolute atomic E-state index is 0.153. The molecule has 1 aliphatic rings. The molecule has 1 saturated heterocycles. The van der Waals surface area contributed by atoms with E-state index < -0.39 is 0 Å². The second-order valence-corrected chi connectivity index (χ2v) is 3.42. The van der Waals surface area contributed by atoms with E-state index in [1.807, 2.05) is 4.57 Å². The van der Waals surface area contributed by atoms with Crippen molar-refractivity contribution in [3.63, 3.8) is 0 Å². The van der Waals surface area contributed by atoms with Crippen LogP contribution < -0.4 is 5.56 Å². The Bertz CT molecular complexity index is 403. The van der Waals surface area contributed by atoms with E-state index in [9.17, 15) is 4.79 Å². The smallest absolute Gasteiger partial charge is 0.251 e. The SMILES string of the molecule is O=c1ccn(C2CCOC2)c(=S)[nH]1. The van der Waals surface area contributed by atoms with Crippen molar-refractivity contribution in [2.75, 3.05) is 13.2 Å². The van der Waals surface area contributed by atoms with Crippen LogP contribution in [0.25, 0.3) is 0 Å². The fourth-order valence-corrected chi connectivity index (χ4v) is 1.77. The molecule has 0 bridgehead atoms. The number of rotatable bonds is 1. The van der Waals surface area contributed by atoms with E-state index in [1.165, 1.54) is 6.07 Å². The van der Waals surface area contributed by atoms with Crippen LogP contribution >= 0.6 is 12.2 Å². The van der Waals surface area contributed by atoms with E-state index in [0.29, 0.717) is 11.4 Å². The Morgan fingerprint density at radius 2 is 2.54 bits per heavy atom. The molecule has 0 aliphatic carbocycles. The minimum Gasteiger partial charge on any atom is -0.379 e. The summed E-state index contributed by atoms with van der Waals surface area (Å²) in [7, 11) is 0. The summed E-state index contributed by atoms with van der Waals surface area (Å²) in [4.78, 5) is 13.5. The summed E-state index contributed by atoms with van der Waals surface area (Å²) in [5, 5.41) is 0. The highest BCUT2D eigenvalue weighted by Gasteiger charge is 2.16. The Morgan fingerprint density at radius 1 is 1.69 bits per heavy atom. The lowest BCUT2D eigenvalue weighted by Gasteiger charge is -2.11. The van der Waals surface area contributed by atoms with E-state index in [0.717, 1.165) is 13.0 Å². The molecule has 1 aliphatic heterocycles. The van der Waals surface area contributed by atoms with E-state index in [2.05, 4.69) is 4.98 Å². The van der Waals surface area contributed by atoms with Gasteiger partial charge < -0.3 is 9.30 Å². The first kappa shape index (κ1) is 8.65. The number of aromatic nitrogens is 2. The average molecular weight is 198 g/mol. The molecule has 0 spiro atoms. The van der Waals surface area contributed by atoms with Crippen molar-refractivity contribution in [2.45, 2.75) is 12.5 Å². The Labute approximate surface area is 80.2 Å². The zero-order chi connectivity index (χ0) is 9.26. The first-order chi connectivity index (χ1) is 6.27. The molecule has 0 aromatic carbocycles. The van der Waals surface area contributed by atoms with Crippen molar-refractivity contribution >= 4 is 12.2 Å². The number of hydrogen-bond donors (Lipinski definition) is 1. The first-order valence-corrected chi connectivity index (χ1v) is 4.57. The lowest BCUT2D eigenvalue weighted by atomic mass is 10.2. The molecule has 1 aromatic rings. The van der Waals surface area contributed by atoms with Crippen molar-refractivity contribution < 1.29 is 4.74 Å². The van der Waals surface area contributed by atoms with Crippen LogP contribution in [0.5, 0.6) is 0 Å². The standard InChI is InChI=1S/C8H10N2O2S/c11-7-1-3-10(8(13)9-7)6-2-4-12-5-6/h1,3,6H,2,4-5H2,(H,9,11,13). The Hall–Kier alpha value is -0.940. The lowest BCUT2D eigenvalue weighted by molar-refractivity contribution is 0.186. The minimum atomic E-state index is -0.153. The van der Waals surface area contributed by atoms with Crippen LogP contribution in [-0.4, -0.2) is 22.8 Å². The molecule has 13 heavy (non-hydrogen) atoms. The molecule has 5 heteroatoms. The van der Waals surface area contributed by atoms with Crippen LogP contribution in [0.4, 0.5) is 0 Å². The molecular formula is C8H10N2O2S. The van der Waals surface area contributed by atoms with Crippen molar-refractivity contribution in [1.29, 1.82) is 0 Å². The number of H-pyrrole nitrogens is 1. The zero-order valence-corrected chi connectivity index (χ0v) is 7.84. The largest absolute Gasteiger partial charge is 0.379 e. The normalized spacial score (nSPS) is 22.0. The average Bonchev–Trinajstić information content (AvgIpc) is 2.56. The van der Waals surface area contributed by atoms with Crippen molar-refractivity contribution in [3.05, 3.63) is 27.4 Å². The third-order valence-electron chi connectivity index (χ3n) is 2.15. The topological polar surface area (TPSA) is 47.0 Å². The van der Waals surface area contributed by atoms with Gasteiger partial charge in [0, 0.05) is 18.9 Å². The summed E-state index contributed by atoms with van der Waals surface area (Å²) < 4.78 is 7.59. The van der Waals surface area contributed by atoms with Crippen LogP contribution in [0, 0.1) is 4.77 Å². The second kappa shape index (κ2) is 3.43. The van der Waals surface area contributed by atoms with Crippen LogP contribution in [0.2, 0.25) is 0 Å². The van der Waals surface area contributed by atoms with Gasteiger partial charge in [0.25, 0.3) is 5.56 Å². The van der Waals surface area contributed by atoms with Gasteiger partial charge in [0.15, 0.2) is 4.77 Å². The lowest BCUT2D eigenvalue weighted by Crippen LogP contribution is -2.16. The van der Waals surface area contributed by atoms with Crippen LogP contribution in [0.3, 0.4) is 0 Å². The summed E-state index contributed by atoms with van der Waals surface area (Å²) in [5.74, 6) is 0. The van der Waals surface area contributed by atoms with Crippen molar-refractivity contribution in [3.8, 4) is 0 Å². The summed E-state index contributed by atoms with van der Waals surface area (Å²) in [5.41, 5.74) is -0.153. The molecule has 2 rings (SSSR count). The molecule has 70 valence electrons. The first-order valence-electron chi connectivity index (χ1n) is 4.16. The van der Waals surface area contributed by atoms with Gasteiger partial charge in [0.1, 0.15) is 0 Å². The highest BCUT2D eigenvalue weighted by molar-refractivity contribution is 7.71. The van der Waals surface area contributed by atoms with E-state index in [1.54, 1.807) is 6.20 Å². The Morgan fingerprint density at radius 3 is 3.15 bits per heavy atom. The summed E-state index contributed by atoms with van der Waals surface area (Å²) in [6.07, 6.45) is 2.68. The molecule has 1 unspecified atom stereocenters. The zero-order valence-electron chi connectivity index (χ0n) is 7.03. The van der Waals surface area contributed by atoms with Gasteiger partial charge in [-0.15, -0.1) is 0 Å². The molecule has 0 amide bonds. The number of ether oxygens (including phenoxy) is 1. The van der Waals surface area contributed by atoms with E-state index >= 15 is 0 Å². The molecular weight excluding hydrogens is 188 g/mol. The second-order valence-electron chi connectivity index (χ2n) is 3.03. The molecule has 4 nitrogen and oxygen atoms in total. The molecule has 1 aromatic heterocycles. The van der Waals surface area contributed by atoms with Gasteiger partial charge in [-0.3, -0.25) is 9.78 Å². The van der Waals surface area contributed by atoms with Gasteiger partial charge >= 0.3 is 0 Å². The predicted molar refractivity (Wildman–Crippen MR) is 50.4 cm³/mol. The predicted octanol–water partition coefficient (Wildman–Crippen LogP) is 0.867. The van der Waals surface area contributed by atoms with Gasteiger partial charge in [0.2, 0.25) is 0 Å². The van der Waals surface area contributed by atoms with Crippen molar-refractivity contribution in [1.82, 2.24) is 9.55 Å². The number of nitrogens with zero attached hydrogens (tertiary/aromatic N) is 1. The maximum Gasteiger partial charge on any atom is 0.251 e. The summed E-state index contributed by atoms with van der Waals surface area (Å²) in [6.45, 7) is 1.45. The Balaban J connectivity index is 2.40. The molecule has 1 fully saturated rings. The van der Waals surface area contributed by atoms with Gasteiger partial charge in [-0.1, -0.05) is 0 Å². The molecule has 0 saturated carbocycles. The third-order valence-corrected chi connectivity index (χ3v) is 2.46. The van der Waals surface area contributed by atoms with Gasteiger partial charge in [0.05, 0.1) is 12.6 Å². The van der Waals surface area contributed by atoms with Crippen molar-refractivity contribution in [2.24, 2.45) is 0 Å². The fourth-order valence-electron chi connectivity index (χ4n) is 1.46. The van der Waals surface area contributed by atoms with E-state index in [-0.39, 0.29) is 11.6 Å². The summed E-state index contributed by atoms with van der Waals surface area (Å²) >= 11 is 5.03. The van der Waals surface area contributed by atoms with E-state index in [4.69, 9.17) is 17.0 Å². The summed E-state index contributed by atoms with van der Waals surface area (Å²) in [6, 6.07) is 1.76.